The Morgan fingerprint density at radius 3 is 2.23 bits per heavy atom. The third kappa shape index (κ3) is 4.42. The smallest absolute Gasteiger partial charge is 0.241 e. The number of rotatable bonds is 5. The molecule has 1 saturated carbocycles. The minimum absolute atomic E-state index is 0. The first kappa shape index (κ1) is 18.9. The van der Waals surface area contributed by atoms with E-state index in [1.54, 1.807) is 12.1 Å². The highest BCUT2D eigenvalue weighted by Gasteiger charge is 2.36. The highest BCUT2D eigenvalue weighted by molar-refractivity contribution is 7.89. The van der Waals surface area contributed by atoms with Crippen LogP contribution in [-0.2, 0) is 14.8 Å². The van der Waals surface area contributed by atoms with Crippen LogP contribution in [0.4, 0.5) is 5.69 Å². The monoisotopic (exact) mass is 347 g/mol. The largest absolute Gasteiger partial charge is 0.329 e. The Morgan fingerprint density at radius 1 is 1.23 bits per heavy atom. The molecule has 0 saturated heterocycles. The molecule has 1 aromatic carbocycles. The van der Waals surface area contributed by atoms with Gasteiger partial charge in [-0.3, -0.25) is 4.79 Å². The molecule has 0 atom stereocenters. The summed E-state index contributed by atoms with van der Waals surface area (Å²) in [5, 5.41) is 2.60. The Kier molecular flexibility index (Phi) is 6.37. The summed E-state index contributed by atoms with van der Waals surface area (Å²) in [7, 11) is -3.60. The predicted octanol–water partition coefficient (Wildman–Crippen LogP) is 1.62. The summed E-state index contributed by atoms with van der Waals surface area (Å²) in [6.07, 6.45) is 3.52. The zero-order chi connectivity index (χ0) is 15.5. The Hall–Kier alpha value is -1.15. The lowest BCUT2D eigenvalue weighted by Crippen LogP contribution is -2.51. The van der Waals surface area contributed by atoms with Gasteiger partial charge < -0.3 is 11.1 Å². The summed E-state index contributed by atoms with van der Waals surface area (Å²) in [6.45, 7) is 1.70. The Morgan fingerprint density at radius 2 is 1.77 bits per heavy atom. The molecule has 124 valence electrons. The molecule has 8 heteroatoms. The van der Waals surface area contributed by atoms with E-state index in [4.69, 9.17) is 5.73 Å². The Labute approximate surface area is 137 Å². The van der Waals surface area contributed by atoms with Crippen LogP contribution in [-0.4, -0.2) is 26.4 Å². The van der Waals surface area contributed by atoms with Gasteiger partial charge in [0.25, 0.3) is 0 Å². The van der Waals surface area contributed by atoms with E-state index in [0.717, 1.165) is 25.7 Å². The number of nitrogens with one attached hydrogen (secondary N) is 2. The third-order valence-corrected chi connectivity index (χ3v) is 5.38. The van der Waals surface area contributed by atoms with Gasteiger partial charge in [0.2, 0.25) is 15.9 Å². The van der Waals surface area contributed by atoms with Crippen LogP contribution in [0, 0.1) is 0 Å². The van der Waals surface area contributed by atoms with E-state index in [1.807, 2.05) is 0 Å². The molecule has 1 fully saturated rings. The van der Waals surface area contributed by atoms with Gasteiger partial charge in [0.15, 0.2) is 0 Å². The summed E-state index contributed by atoms with van der Waals surface area (Å²) in [4.78, 5) is 11.1. The molecule has 4 N–H and O–H groups in total. The Bertz CT molecular complexity index is 611. The molecular weight excluding hydrogens is 326 g/mol. The van der Waals surface area contributed by atoms with E-state index >= 15 is 0 Å². The standard InChI is InChI=1S/C14H21N3O3S.ClH/c1-11(18)16-12-4-6-13(7-5-12)21(19,20)17-14(10-15)8-2-3-9-14;/h4-7,17H,2-3,8-10,15H2,1H3,(H,16,18);1H. The summed E-state index contributed by atoms with van der Waals surface area (Å²) in [5.74, 6) is -0.197. The number of hydrogen-bond acceptors (Lipinski definition) is 4. The normalized spacial score (nSPS) is 16.8. The van der Waals surface area contributed by atoms with Gasteiger partial charge in [-0.2, -0.15) is 0 Å². The molecule has 0 radical (unpaired) electrons. The molecular formula is C14H22ClN3O3S. The van der Waals surface area contributed by atoms with E-state index in [9.17, 15) is 13.2 Å². The zero-order valence-electron chi connectivity index (χ0n) is 12.5. The van der Waals surface area contributed by atoms with Crippen molar-refractivity contribution < 1.29 is 13.2 Å². The van der Waals surface area contributed by atoms with E-state index in [0.29, 0.717) is 12.2 Å². The van der Waals surface area contributed by atoms with E-state index in [1.165, 1.54) is 19.1 Å². The molecule has 1 aliphatic carbocycles. The second-order valence-corrected chi connectivity index (χ2v) is 7.19. The minimum Gasteiger partial charge on any atom is -0.329 e. The lowest BCUT2D eigenvalue weighted by molar-refractivity contribution is -0.114. The highest BCUT2D eigenvalue weighted by atomic mass is 35.5. The maximum atomic E-state index is 12.4. The fourth-order valence-corrected chi connectivity index (χ4v) is 4.13. The van der Waals surface area contributed by atoms with Crippen LogP contribution in [0.15, 0.2) is 29.2 Å². The van der Waals surface area contributed by atoms with Crippen molar-refractivity contribution >= 4 is 34.0 Å². The maximum absolute atomic E-state index is 12.4. The first-order valence-corrected chi connectivity index (χ1v) is 8.47. The third-order valence-electron chi connectivity index (χ3n) is 3.79. The van der Waals surface area contributed by atoms with Crippen LogP contribution < -0.4 is 15.8 Å². The van der Waals surface area contributed by atoms with Crippen LogP contribution in [0.3, 0.4) is 0 Å². The van der Waals surface area contributed by atoms with E-state index in [-0.39, 0.29) is 23.2 Å². The second-order valence-electron chi connectivity index (χ2n) is 5.50. The number of amides is 1. The topological polar surface area (TPSA) is 101 Å². The zero-order valence-corrected chi connectivity index (χ0v) is 14.1. The van der Waals surface area contributed by atoms with Crippen molar-refractivity contribution in [3.8, 4) is 0 Å². The first-order valence-electron chi connectivity index (χ1n) is 6.99. The van der Waals surface area contributed by atoms with Gasteiger partial charge in [-0.15, -0.1) is 12.4 Å². The number of benzene rings is 1. The summed E-state index contributed by atoms with van der Waals surface area (Å²) < 4.78 is 27.6. The molecule has 6 nitrogen and oxygen atoms in total. The lowest BCUT2D eigenvalue weighted by atomic mass is 10.0. The van der Waals surface area contributed by atoms with Gasteiger partial charge in [0.05, 0.1) is 4.90 Å². The number of sulfonamides is 1. The number of carbonyl (C=O) groups excluding carboxylic acids is 1. The van der Waals surface area contributed by atoms with Crippen LogP contribution >= 0.6 is 12.4 Å². The van der Waals surface area contributed by atoms with Crippen molar-refractivity contribution in [2.45, 2.75) is 43.0 Å². The molecule has 0 bridgehead atoms. The summed E-state index contributed by atoms with van der Waals surface area (Å²) in [5.41, 5.74) is 5.81. The molecule has 1 amide bonds. The molecule has 1 aromatic rings. The number of hydrogen-bond donors (Lipinski definition) is 3. The molecule has 0 heterocycles. The molecule has 0 spiro atoms. The lowest BCUT2D eigenvalue weighted by Gasteiger charge is -2.28. The fourth-order valence-electron chi connectivity index (χ4n) is 2.66. The van der Waals surface area contributed by atoms with Gasteiger partial charge in [-0.05, 0) is 37.1 Å². The molecule has 22 heavy (non-hydrogen) atoms. The molecule has 2 rings (SSSR count). The van der Waals surface area contributed by atoms with Crippen molar-refractivity contribution in [3.05, 3.63) is 24.3 Å². The average molecular weight is 348 g/mol. The average Bonchev–Trinajstić information content (AvgIpc) is 2.87. The van der Waals surface area contributed by atoms with Crippen LogP contribution in [0.1, 0.15) is 32.6 Å². The first-order chi connectivity index (χ1) is 9.87. The van der Waals surface area contributed by atoms with Gasteiger partial charge in [-0.25, -0.2) is 13.1 Å². The number of halogens is 1. The Balaban J connectivity index is 0.00000242. The van der Waals surface area contributed by atoms with Crippen LogP contribution in [0.2, 0.25) is 0 Å². The SMILES string of the molecule is CC(=O)Nc1ccc(S(=O)(=O)NC2(CN)CCCC2)cc1.Cl. The number of anilines is 1. The summed E-state index contributed by atoms with van der Waals surface area (Å²) in [6, 6.07) is 6.10. The molecule has 0 aliphatic heterocycles. The van der Waals surface area contributed by atoms with Crippen molar-refractivity contribution in [2.75, 3.05) is 11.9 Å². The molecule has 1 aliphatic rings. The minimum atomic E-state index is -3.60. The van der Waals surface area contributed by atoms with E-state index in [2.05, 4.69) is 10.0 Å². The van der Waals surface area contributed by atoms with Crippen molar-refractivity contribution in [1.82, 2.24) is 4.72 Å². The van der Waals surface area contributed by atoms with Crippen molar-refractivity contribution in [3.63, 3.8) is 0 Å². The van der Waals surface area contributed by atoms with Crippen molar-refractivity contribution in [2.24, 2.45) is 5.73 Å². The van der Waals surface area contributed by atoms with Gasteiger partial charge in [-0.1, -0.05) is 12.8 Å². The maximum Gasteiger partial charge on any atom is 0.241 e. The van der Waals surface area contributed by atoms with Gasteiger partial charge >= 0.3 is 0 Å². The predicted molar refractivity (Wildman–Crippen MR) is 88.6 cm³/mol. The quantitative estimate of drug-likeness (QED) is 0.753. The van der Waals surface area contributed by atoms with Gasteiger partial charge in [0, 0.05) is 24.7 Å². The highest BCUT2D eigenvalue weighted by Crippen LogP contribution is 2.30. The van der Waals surface area contributed by atoms with Crippen LogP contribution in [0.5, 0.6) is 0 Å². The fraction of sp³-hybridized carbons (Fsp3) is 0.500. The van der Waals surface area contributed by atoms with Gasteiger partial charge in [0.1, 0.15) is 0 Å². The number of carbonyl (C=O) groups is 1. The number of nitrogens with two attached hydrogens (primary N) is 1. The van der Waals surface area contributed by atoms with Crippen LogP contribution in [0.25, 0.3) is 0 Å². The summed E-state index contributed by atoms with van der Waals surface area (Å²) >= 11 is 0. The van der Waals surface area contributed by atoms with E-state index < -0.39 is 15.6 Å². The second kappa shape index (κ2) is 7.41. The molecule has 0 unspecified atom stereocenters. The van der Waals surface area contributed by atoms with Crippen molar-refractivity contribution in [1.29, 1.82) is 0 Å². The molecule has 0 aromatic heterocycles.